The van der Waals surface area contributed by atoms with Crippen LogP contribution in [0.4, 0.5) is 0 Å². The summed E-state index contributed by atoms with van der Waals surface area (Å²) in [6, 6.07) is 5.24. The number of hydrogen-bond acceptors (Lipinski definition) is 5. The summed E-state index contributed by atoms with van der Waals surface area (Å²) in [5.41, 5.74) is 4.79. The Bertz CT molecular complexity index is 713. The number of halogens is 1. The van der Waals surface area contributed by atoms with Gasteiger partial charge in [0.1, 0.15) is 10.8 Å². The summed E-state index contributed by atoms with van der Waals surface area (Å²) < 4.78 is 5.27. The number of carbonyl (C=O) groups excluding carboxylic acids is 1. The van der Waals surface area contributed by atoms with Crippen LogP contribution in [-0.4, -0.2) is 23.7 Å². The molecule has 1 aromatic carbocycles. The molecule has 2 rings (SSSR count). The molecule has 22 heavy (non-hydrogen) atoms. The number of methoxy groups -OCH3 is 1. The number of ether oxygens (including phenoxy) is 1. The van der Waals surface area contributed by atoms with Gasteiger partial charge in [-0.2, -0.15) is 5.10 Å². The van der Waals surface area contributed by atoms with E-state index in [-0.39, 0.29) is 12.3 Å². The highest BCUT2D eigenvalue weighted by molar-refractivity contribution is 7.09. The molecule has 0 atom stereocenters. The van der Waals surface area contributed by atoms with Crippen molar-refractivity contribution in [3.8, 4) is 5.75 Å². The average Bonchev–Trinajstić information content (AvgIpc) is 2.89. The molecule has 116 valence electrons. The topological polar surface area (TPSA) is 63.6 Å². The van der Waals surface area contributed by atoms with E-state index in [0.29, 0.717) is 16.5 Å². The van der Waals surface area contributed by atoms with Crippen molar-refractivity contribution in [3.63, 3.8) is 0 Å². The number of aromatic nitrogens is 1. The molecule has 1 heterocycles. The number of thiazole rings is 1. The smallest absolute Gasteiger partial charge is 0.246 e. The van der Waals surface area contributed by atoms with Crippen LogP contribution < -0.4 is 10.2 Å². The molecule has 5 nitrogen and oxygen atoms in total. The van der Waals surface area contributed by atoms with E-state index in [1.807, 2.05) is 12.3 Å². The predicted molar refractivity (Wildman–Crippen MR) is 88.9 cm³/mol. The Balaban J connectivity index is 2.06. The van der Waals surface area contributed by atoms with Gasteiger partial charge in [-0.25, -0.2) is 10.4 Å². The third kappa shape index (κ3) is 4.29. The molecule has 1 aromatic heterocycles. The average molecular weight is 338 g/mol. The van der Waals surface area contributed by atoms with E-state index < -0.39 is 0 Å². The molecule has 0 unspecified atom stereocenters. The lowest BCUT2D eigenvalue weighted by Gasteiger charge is -2.08. The van der Waals surface area contributed by atoms with E-state index in [4.69, 9.17) is 16.3 Å². The highest BCUT2D eigenvalue weighted by Crippen LogP contribution is 2.23. The Morgan fingerprint density at radius 1 is 1.50 bits per heavy atom. The van der Waals surface area contributed by atoms with Gasteiger partial charge in [0.25, 0.3) is 0 Å². The Morgan fingerprint density at radius 3 is 2.91 bits per heavy atom. The van der Waals surface area contributed by atoms with Gasteiger partial charge in [-0.3, -0.25) is 4.79 Å². The number of nitrogens with zero attached hydrogens (tertiary/aromatic N) is 2. The molecule has 0 radical (unpaired) electrons. The number of hydrazone groups is 1. The maximum atomic E-state index is 11.9. The summed E-state index contributed by atoms with van der Waals surface area (Å²) in [4.78, 5) is 16.1. The van der Waals surface area contributed by atoms with Gasteiger partial charge in [0.05, 0.1) is 19.2 Å². The molecule has 7 heteroatoms. The van der Waals surface area contributed by atoms with Crippen LogP contribution in [0.3, 0.4) is 0 Å². The Labute approximate surface area is 138 Å². The molecule has 0 spiro atoms. The first-order chi connectivity index (χ1) is 10.5. The first-order valence-electron chi connectivity index (χ1n) is 6.57. The fraction of sp³-hybridized carbons (Fsp3) is 0.267. The summed E-state index contributed by atoms with van der Waals surface area (Å²) in [6.07, 6.45) is 0.210. The first-order valence-corrected chi connectivity index (χ1v) is 7.83. The maximum absolute atomic E-state index is 11.9. The van der Waals surface area contributed by atoms with Gasteiger partial charge in [-0.1, -0.05) is 11.6 Å². The second-order valence-corrected chi connectivity index (χ2v) is 6.02. The molecule has 1 N–H and O–H groups in total. The normalized spacial score (nSPS) is 11.4. The molecule has 0 aliphatic heterocycles. The summed E-state index contributed by atoms with van der Waals surface area (Å²) in [5.74, 6) is 0.435. The fourth-order valence-electron chi connectivity index (χ4n) is 1.83. The molecular formula is C15H16ClN3O2S. The van der Waals surface area contributed by atoms with E-state index in [1.165, 1.54) is 11.3 Å². The Hall–Kier alpha value is -1.92. The van der Waals surface area contributed by atoms with Gasteiger partial charge in [-0.05, 0) is 32.0 Å². The van der Waals surface area contributed by atoms with Crippen molar-refractivity contribution in [2.45, 2.75) is 20.3 Å². The number of carbonyl (C=O) groups is 1. The van der Waals surface area contributed by atoms with Crippen LogP contribution in [0.1, 0.15) is 23.2 Å². The summed E-state index contributed by atoms with van der Waals surface area (Å²) in [5, 5.41) is 7.36. The van der Waals surface area contributed by atoms with E-state index in [1.54, 1.807) is 32.2 Å². The minimum atomic E-state index is -0.213. The molecule has 0 saturated carbocycles. The van der Waals surface area contributed by atoms with Gasteiger partial charge in [0.15, 0.2) is 0 Å². The molecule has 0 aliphatic carbocycles. The summed E-state index contributed by atoms with van der Waals surface area (Å²) in [6.45, 7) is 3.67. The third-order valence-corrected chi connectivity index (χ3v) is 4.08. The van der Waals surface area contributed by atoms with Gasteiger partial charge < -0.3 is 4.74 Å². The highest BCUT2D eigenvalue weighted by Gasteiger charge is 2.09. The Morgan fingerprint density at radius 2 is 2.27 bits per heavy atom. The van der Waals surface area contributed by atoms with Crippen molar-refractivity contribution < 1.29 is 9.53 Å². The fourth-order valence-corrected chi connectivity index (χ4v) is 2.77. The van der Waals surface area contributed by atoms with E-state index in [0.717, 1.165) is 16.3 Å². The monoisotopic (exact) mass is 337 g/mol. The zero-order chi connectivity index (χ0) is 16.1. The molecule has 2 aromatic rings. The molecule has 0 saturated heterocycles. The van der Waals surface area contributed by atoms with Crippen molar-refractivity contribution >= 4 is 34.6 Å². The van der Waals surface area contributed by atoms with E-state index >= 15 is 0 Å². The van der Waals surface area contributed by atoms with Crippen LogP contribution in [0.5, 0.6) is 5.75 Å². The van der Waals surface area contributed by atoms with Gasteiger partial charge in [-0.15, -0.1) is 11.3 Å². The number of aryl methyl sites for hydroxylation is 1. The van der Waals surface area contributed by atoms with Crippen molar-refractivity contribution in [1.29, 1.82) is 0 Å². The number of hydrogen-bond donors (Lipinski definition) is 1. The third-order valence-electron chi connectivity index (χ3n) is 2.88. The minimum absolute atomic E-state index is 0.210. The van der Waals surface area contributed by atoms with Crippen LogP contribution in [-0.2, 0) is 11.2 Å². The second kappa shape index (κ2) is 7.38. The van der Waals surface area contributed by atoms with Crippen molar-refractivity contribution in [2.75, 3.05) is 7.11 Å². The molecule has 0 fully saturated rings. The van der Waals surface area contributed by atoms with E-state index in [2.05, 4.69) is 15.5 Å². The Kier molecular flexibility index (Phi) is 5.51. The highest BCUT2D eigenvalue weighted by atomic mass is 35.5. The van der Waals surface area contributed by atoms with Gasteiger partial charge >= 0.3 is 0 Å². The minimum Gasteiger partial charge on any atom is -0.496 e. The van der Waals surface area contributed by atoms with Crippen LogP contribution in [0.15, 0.2) is 28.7 Å². The predicted octanol–water partition coefficient (Wildman–Crippen LogP) is 3.20. The standard InChI is InChI=1S/C15H16ClN3O2S/c1-9-8-22-15(17-9)7-14(20)19-18-10(2)12-6-11(16)4-5-13(12)21-3/h4-6,8H,7H2,1-3H3,(H,19,20)/b18-10-. The molecule has 0 aliphatic rings. The zero-order valence-electron chi connectivity index (χ0n) is 12.5. The summed E-state index contributed by atoms with van der Waals surface area (Å²) >= 11 is 7.44. The van der Waals surface area contributed by atoms with Crippen LogP contribution >= 0.6 is 22.9 Å². The zero-order valence-corrected chi connectivity index (χ0v) is 14.1. The number of nitrogens with one attached hydrogen (secondary N) is 1. The molecule has 1 amide bonds. The SMILES string of the molecule is COc1ccc(Cl)cc1/C(C)=N\NC(=O)Cc1nc(C)cs1. The van der Waals surface area contributed by atoms with Gasteiger partial charge in [0, 0.05) is 21.7 Å². The molecular weight excluding hydrogens is 322 g/mol. The maximum Gasteiger partial charge on any atom is 0.246 e. The lowest BCUT2D eigenvalue weighted by molar-refractivity contribution is -0.120. The largest absolute Gasteiger partial charge is 0.496 e. The van der Waals surface area contributed by atoms with Crippen molar-refractivity contribution in [2.24, 2.45) is 5.10 Å². The van der Waals surface area contributed by atoms with Crippen LogP contribution in [0, 0.1) is 6.92 Å². The number of amides is 1. The summed E-state index contributed by atoms with van der Waals surface area (Å²) in [7, 11) is 1.57. The number of rotatable bonds is 5. The lowest BCUT2D eigenvalue weighted by Crippen LogP contribution is -2.21. The second-order valence-electron chi connectivity index (χ2n) is 4.64. The number of benzene rings is 1. The van der Waals surface area contributed by atoms with Crippen LogP contribution in [0.2, 0.25) is 5.02 Å². The van der Waals surface area contributed by atoms with Crippen molar-refractivity contribution in [1.82, 2.24) is 10.4 Å². The van der Waals surface area contributed by atoms with Crippen molar-refractivity contribution in [3.05, 3.63) is 44.9 Å². The quantitative estimate of drug-likeness (QED) is 0.673. The first kappa shape index (κ1) is 16.5. The lowest BCUT2D eigenvalue weighted by atomic mass is 10.1. The van der Waals surface area contributed by atoms with E-state index in [9.17, 15) is 4.79 Å². The van der Waals surface area contributed by atoms with Crippen LogP contribution in [0.25, 0.3) is 0 Å². The molecule has 0 bridgehead atoms. The van der Waals surface area contributed by atoms with Gasteiger partial charge in [0.2, 0.25) is 5.91 Å².